The molecule has 55 heavy (non-hydrogen) atoms. The van der Waals surface area contributed by atoms with E-state index in [4.69, 9.17) is 67.7 Å². The Balaban J connectivity index is 0.000000217. The largest absolute Gasteiger partial charge is 0.379 e. The molecule has 10 nitrogen and oxygen atoms in total. The van der Waals surface area contributed by atoms with Crippen LogP contribution < -0.4 is 9.62 Å². The standard InChI is InChI=1S/C24H29Cl2N5O2S2.C12H6Cl3N3S.B/c1-23(2,3)35(32)29-19-14-33-15-24(19)7-10-30(11-8-24)22-28-13-18(21-27-9-12-31(21)22)34-17-6-4-5-16(25)20(17)26;13-7-2-1-3-8(10(7)14)19-9-6-17-12(15)18-5-4-16-11(9)18;/h4-6,9,12-13,19,29H,7-8,10-11,14-15H2,1-3H3;1-6H;/t19-,35-;;/m1../s1. The van der Waals surface area contributed by atoms with Crippen LogP contribution in [0.4, 0.5) is 5.95 Å². The maximum Gasteiger partial charge on any atom is 0.211 e. The molecule has 2 aromatic carbocycles. The van der Waals surface area contributed by atoms with Gasteiger partial charge in [-0.05, 0) is 69.5 Å². The Morgan fingerprint density at radius 1 is 0.800 bits per heavy atom. The predicted octanol–water partition coefficient (Wildman–Crippen LogP) is 9.68. The number of imidazole rings is 2. The Morgan fingerprint density at radius 2 is 1.35 bits per heavy atom. The van der Waals surface area contributed by atoms with Crippen molar-refractivity contribution in [1.29, 1.82) is 0 Å². The van der Waals surface area contributed by atoms with Crippen LogP contribution in [-0.4, -0.2) is 78.5 Å². The smallest absolute Gasteiger partial charge is 0.211 e. The lowest BCUT2D eigenvalue weighted by Crippen LogP contribution is -2.53. The SMILES string of the molecule is CC(C)(C)[S@@](=O)N[C@@H]1COCC12CCN(c1ncc(Sc3cccc(Cl)c3Cl)c3nccn13)CC2.Clc1cccc(Sc2cnc(Cl)n3ccnc23)c1Cl.[B]. The van der Waals surface area contributed by atoms with E-state index < -0.39 is 11.0 Å². The summed E-state index contributed by atoms with van der Waals surface area (Å²) >= 11 is 33.7. The van der Waals surface area contributed by atoms with Crippen molar-refractivity contribution >= 4 is 118 Å². The molecule has 6 heterocycles. The van der Waals surface area contributed by atoms with Crippen LogP contribution in [0.25, 0.3) is 11.3 Å². The van der Waals surface area contributed by atoms with Crippen LogP contribution in [0.5, 0.6) is 0 Å². The van der Waals surface area contributed by atoms with Gasteiger partial charge >= 0.3 is 0 Å². The molecule has 2 saturated heterocycles. The first-order valence-corrected chi connectivity index (χ1v) is 21.6. The van der Waals surface area contributed by atoms with E-state index in [9.17, 15) is 4.21 Å². The lowest BCUT2D eigenvalue weighted by Gasteiger charge is -2.42. The molecule has 2 atom stereocenters. The van der Waals surface area contributed by atoms with Crippen LogP contribution in [0.2, 0.25) is 25.4 Å². The Morgan fingerprint density at radius 3 is 1.93 bits per heavy atom. The Labute approximate surface area is 357 Å². The number of nitrogens with zero attached hydrogens (tertiary/aromatic N) is 7. The van der Waals surface area contributed by atoms with Gasteiger partial charge in [-0.2, -0.15) is 0 Å². The first kappa shape index (κ1) is 42.4. The normalized spacial score (nSPS) is 17.3. The van der Waals surface area contributed by atoms with Crippen molar-refractivity contribution in [3.8, 4) is 0 Å². The average Bonchev–Trinajstić information content (AvgIpc) is 3.92. The number of anilines is 1. The van der Waals surface area contributed by atoms with Gasteiger partial charge in [0.2, 0.25) is 11.2 Å². The van der Waals surface area contributed by atoms with E-state index in [1.807, 2.05) is 61.8 Å². The number of hydrogen-bond acceptors (Lipinski definition) is 9. The molecule has 4 aromatic heterocycles. The molecular formula is C36H35BCl5N8O2S3. The molecule has 3 radical (unpaired) electrons. The van der Waals surface area contributed by atoms with Crippen molar-refractivity contribution in [1.82, 2.24) is 33.5 Å². The van der Waals surface area contributed by atoms with Crippen LogP contribution in [0.3, 0.4) is 0 Å². The van der Waals surface area contributed by atoms with Gasteiger partial charge in [-0.25, -0.2) is 28.9 Å². The van der Waals surface area contributed by atoms with Crippen molar-refractivity contribution in [2.24, 2.45) is 5.41 Å². The van der Waals surface area contributed by atoms with Gasteiger partial charge in [-0.3, -0.25) is 8.80 Å². The fourth-order valence-corrected chi connectivity index (χ4v) is 10.2. The number of hydrogen-bond donors (Lipinski definition) is 1. The van der Waals surface area contributed by atoms with Crippen molar-refractivity contribution < 1.29 is 8.95 Å². The number of rotatable bonds is 7. The van der Waals surface area contributed by atoms with Crippen LogP contribution in [0.15, 0.2) is 93.2 Å². The monoisotopic (exact) mass is 893 g/mol. The zero-order chi connectivity index (χ0) is 38.2. The van der Waals surface area contributed by atoms with Gasteiger partial charge in [-0.1, -0.05) is 82.1 Å². The van der Waals surface area contributed by atoms with Gasteiger partial charge in [0.25, 0.3) is 0 Å². The third-order valence-electron chi connectivity index (χ3n) is 9.26. The van der Waals surface area contributed by atoms with Gasteiger partial charge in [-0.15, -0.1) is 0 Å². The minimum Gasteiger partial charge on any atom is -0.379 e. The molecule has 19 heteroatoms. The summed E-state index contributed by atoms with van der Waals surface area (Å²) in [6.45, 7) is 8.96. The molecule has 8 rings (SSSR count). The quantitative estimate of drug-likeness (QED) is 0.124. The first-order valence-electron chi connectivity index (χ1n) is 16.9. The van der Waals surface area contributed by atoms with E-state index in [1.54, 1.807) is 41.3 Å². The lowest BCUT2D eigenvalue weighted by molar-refractivity contribution is 0.130. The van der Waals surface area contributed by atoms with Crippen molar-refractivity contribution in [2.75, 3.05) is 31.2 Å². The molecule has 0 bridgehead atoms. The molecule has 1 N–H and O–H groups in total. The first-order chi connectivity index (χ1) is 25.8. The number of aromatic nitrogens is 6. The molecule has 2 fully saturated rings. The summed E-state index contributed by atoms with van der Waals surface area (Å²) in [5.74, 6) is 0.871. The lowest BCUT2D eigenvalue weighted by atomic mass is 9.75. The number of benzene rings is 2. The van der Waals surface area contributed by atoms with E-state index in [-0.39, 0.29) is 24.6 Å². The zero-order valence-corrected chi connectivity index (χ0v) is 36.1. The molecule has 0 aliphatic carbocycles. The maximum atomic E-state index is 12.7. The number of piperidine rings is 1. The molecule has 0 amide bonds. The predicted molar refractivity (Wildman–Crippen MR) is 227 cm³/mol. The van der Waals surface area contributed by atoms with Gasteiger partial charge in [0.05, 0.1) is 64.9 Å². The summed E-state index contributed by atoms with van der Waals surface area (Å²) in [5, 5.41) is 2.47. The molecule has 2 aliphatic rings. The highest BCUT2D eigenvalue weighted by Crippen LogP contribution is 2.43. The Kier molecular flexibility index (Phi) is 13.7. The van der Waals surface area contributed by atoms with Gasteiger partial charge < -0.3 is 9.64 Å². The topological polar surface area (TPSA) is 102 Å². The number of fused-ring (bicyclic) bond motifs is 2. The van der Waals surface area contributed by atoms with E-state index in [1.165, 1.54) is 23.5 Å². The van der Waals surface area contributed by atoms with Crippen LogP contribution >= 0.6 is 81.5 Å². The third-order valence-corrected chi connectivity index (χ3v) is 15.1. The second-order valence-corrected chi connectivity index (χ2v) is 19.9. The maximum absolute atomic E-state index is 12.7. The fraction of sp³-hybridized carbons (Fsp3) is 0.333. The summed E-state index contributed by atoms with van der Waals surface area (Å²) < 4.78 is 25.4. The highest BCUT2D eigenvalue weighted by molar-refractivity contribution is 8.00. The van der Waals surface area contributed by atoms with Crippen molar-refractivity contribution in [3.05, 3.63) is 99.0 Å². The Bertz CT molecular complexity index is 2330. The van der Waals surface area contributed by atoms with Gasteiger partial charge in [0, 0.05) is 73.9 Å². The highest BCUT2D eigenvalue weighted by atomic mass is 35.5. The summed E-state index contributed by atoms with van der Waals surface area (Å²) in [7, 11) is -1.12. The summed E-state index contributed by atoms with van der Waals surface area (Å²) in [6, 6.07) is 11.2. The third kappa shape index (κ3) is 9.09. The summed E-state index contributed by atoms with van der Waals surface area (Å²) in [4.78, 5) is 23.6. The number of nitrogens with one attached hydrogen (secondary N) is 1. The molecular weight excluding hydrogens is 861 g/mol. The number of ether oxygens (including phenoxy) is 1. The minimum absolute atomic E-state index is 0. The van der Waals surface area contributed by atoms with Crippen LogP contribution in [0.1, 0.15) is 33.6 Å². The minimum atomic E-state index is -1.12. The van der Waals surface area contributed by atoms with E-state index in [2.05, 4.69) is 24.6 Å². The number of halogens is 5. The van der Waals surface area contributed by atoms with E-state index in [0.29, 0.717) is 38.6 Å². The molecule has 287 valence electrons. The molecule has 0 unspecified atom stereocenters. The molecule has 1 spiro atoms. The van der Waals surface area contributed by atoms with Crippen LogP contribution in [0, 0.1) is 5.41 Å². The average molecular weight is 896 g/mol. The summed E-state index contributed by atoms with van der Waals surface area (Å²) in [5.41, 5.74) is 1.56. The van der Waals surface area contributed by atoms with Crippen molar-refractivity contribution in [3.63, 3.8) is 0 Å². The van der Waals surface area contributed by atoms with Gasteiger partial charge in [0.1, 0.15) is 0 Å². The Hall–Kier alpha value is -2.24. The van der Waals surface area contributed by atoms with Crippen LogP contribution in [-0.2, 0) is 15.7 Å². The highest BCUT2D eigenvalue weighted by Gasteiger charge is 2.47. The molecule has 0 saturated carbocycles. The second kappa shape index (κ2) is 17.7. The van der Waals surface area contributed by atoms with E-state index >= 15 is 0 Å². The molecule has 6 aromatic rings. The van der Waals surface area contributed by atoms with E-state index in [0.717, 1.165) is 62.8 Å². The fourth-order valence-electron chi connectivity index (χ4n) is 6.26. The summed E-state index contributed by atoms with van der Waals surface area (Å²) in [6.07, 6.45) is 12.6. The van der Waals surface area contributed by atoms with Crippen molar-refractivity contribution in [2.45, 2.75) is 64.0 Å². The zero-order valence-electron chi connectivity index (χ0n) is 29.9. The second-order valence-electron chi connectivity index (χ2n) is 13.8. The molecule has 2 aliphatic heterocycles. The van der Waals surface area contributed by atoms with Gasteiger partial charge in [0.15, 0.2) is 11.3 Å².